The topological polar surface area (TPSA) is 197 Å². The fourth-order valence-electron chi connectivity index (χ4n) is 1.07. The number of alkyl halides is 2. The molecule has 0 aromatic carbocycles. The zero-order valence-corrected chi connectivity index (χ0v) is 27.7. The van der Waals surface area contributed by atoms with Crippen molar-refractivity contribution in [3.8, 4) is 0 Å². The molecule has 3 N–H and O–H groups in total. The molecule has 0 bridgehead atoms. The summed E-state index contributed by atoms with van der Waals surface area (Å²) in [6, 6.07) is 0. The van der Waals surface area contributed by atoms with Crippen molar-refractivity contribution in [1.29, 1.82) is 0 Å². The van der Waals surface area contributed by atoms with Crippen LogP contribution in [0.3, 0.4) is 0 Å². The van der Waals surface area contributed by atoms with Crippen molar-refractivity contribution in [3.63, 3.8) is 0 Å². The minimum absolute atomic E-state index is 0. The molecular weight excluding hydrogens is 848 g/mol. The average Bonchev–Trinajstić information content (AvgIpc) is 2.74. The molecule has 0 aliphatic heterocycles. The van der Waals surface area contributed by atoms with Crippen molar-refractivity contribution in [1.82, 2.24) is 0 Å². The summed E-state index contributed by atoms with van der Waals surface area (Å²) < 4.78 is 1.19. The Morgan fingerprint density at radius 2 is 1.20 bits per heavy atom. The molecule has 35 heavy (non-hydrogen) atoms. The predicted molar refractivity (Wildman–Crippen MR) is 149 cm³/mol. The Kier molecular flexibility index (Phi) is 59.0. The van der Waals surface area contributed by atoms with Crippen LogP contribution in [0.25, 0.3) is 0 Å². The van der Waals surface area contributed by atoms with Gasteiger partial charge in [0.15, 0.2) is 0 Å². The minimum atomic E-state index is -1.63. The number of ketones is 2. The van der Waals surface area contributed by atoms with Gasteiger partial charge in [-0.3, -0.25) is 19.3 Å². The van der Waals surface area contributed by atoms with Crippen molar-refractivity contribution in [3.05, 3.63) is 16.6 Å². The molecule has 0 atom stereocenters. The number of carboxylic acids is 3. The number of hydrogen-bond donors (Lipinski definition) is 3. The van der Waals surface area contributed by atoms with Gasteiger partial charge < -0.3 is 42.7 Å². The SMILES string of the molecule is CC(C)/C=C(\CC(=O)O)C(=O)C(=O)O.CC(C)C=O.CCC(=O)C(=O)O.ICI.O=C=O.[CH2-]I.[V]. The third-order valence-electron chi connectivity index (χ3n) is 2.19. The van der Waals surface area contributed by atoms with E-state index in [1.165, 1.54) is 15.4 Å². The van der Waals surface area contributed by atoms with E-state index in [0.717, 1.165) is 6.29 Å². The van der Waals surface area contributed by atoms with Crippen molar-refractivity contribution in [2.45, 2.75) is 47.5 Å². The van der Waals surface area contributed by atoms with Crippen LogP contribution in [-0.4, -0.2) is 59.7 Å². The smallest absolute Gasteiger partial charge is 0.376 e. The Morgan fingerprint density at radius 1 is 0.886 bits per heavy atom. The quantitative estimate of drug-likeness (QED) is 0.0796. The molecule has 0 fully saturated rings. The Bertz CT molecular complexity index is 659. The molecule has 1 radical (unpaired) electrons. The number of hydrogen-bond acceptors (Lipinski definition) is 8. The summed E-state index contributed by atoms with van der Waals surface area (Å²) in [6.07, 6.45) is 2.04. The second-order valence-electron chi connectivity index (χ2n) is 5.79. The molecule has 0 aromatic heterocycles. The molecule has 0 heterocycles. The van der Waals surface area contributed by atoms with Crippen LogP contribution in [-0.2, 0) is 56.9 Å². The van der Waals surface area contributed by atoms with E-state index in [-0.39, 0.29) is 48.5 Å². The van der Waals surface area contributed by atoms with Gasteiger partial charge in [-0.2, -0.15) is 9.59 Å². The minimum Gasteiger partial charge on any atom is -0.481 e. The van der Waals surface area contributed by atoms with Crippen LogP contribution >= 0.6 is 67.8 Å². The zero-order valence-electron chi connectivity index (χ0n) is 19.8. The van der Waals surface area contributed by atoms with Gasteiger partial charge in [-0.25, -0.2) is 9.59 Å². The summed E-state index contributed by atoms with van der Waals surface area (Å²) in [5.74, 6) is -5.93. The molecule has 0 rings (SSSR count). The number of carbonyl (C=O) groups excluding carboxylic acids is 5. The molecule has 0 saturated carbocycles. The van der Waals surface area contributed by atoms with Gasteiger partial charge in [0.05, 0.1) is 8.86 Å². The maximum Gasteiger partial charge on any atom is 0.376 e. The largest absolute Gasteiger partial charge is 0.481 e. The van der Waals surface area contributed by atoms with Crippen LogP contribution in [0.5, 0.6) is 0 Å². The number of aldehydes is 1. The molecule has 0 aliphatic rings. The van der Waals surface area contributed by atoms with E-state index in [1.54, 1.807) is 13.8 Å². The summed E-state index contributed by atoms with van der Waals surface area (Å²) >= 11 is 6.45. The summed E-state index contributed by atoms with van der Waals surface area (Å²) in [5, 5.41) is 24.7. The van der Waals surface area contributed by atoms with Gasteiger partial charge in [0.1, 0.15) is 6.29 Å². The molecule has 0 amide bonds. The van der Waals surface area contributed by atoms with Crippen LogP contribution in [0, 0.1) is 16.8 Å². The van der Waals surface area contributed by atoms with Crippen molar-refractivity contribution >= 4 is 110 Å². The third kappa shape index (κ3) is 60.1. The summed E-state index contributed by atoms with van der Waals surface area (Å²) in [5.41, 5.74) is -0.181. The van der Waals surface area contributed by atoms with Gasteiger partial charge in [-0.15, -0.1) is 0 Å². The van der Waals surface area contributed by atoms with E-state index in [2.05, 4.69) is 50.1 Å². The first-order chi connectivity index (χ1) is 15.6. The number of halogens is 3. The first-order valence-electron chi connectivity index (χ1n) is 8.92. The van der Waals surface area contributed by atoms with Gasteiger partial charge in [0.25, 0.3) is 5.78 Å². The van der Waals surface area contributed by atoms with Crippen LogP contribution in [0.1, 0.15) is 47.5 Å². The van der Waals surface area contributed by atoms with Crippen LogP contribution in [0.2, 0.25) is 0 Å². The van der Waals surface area contributed by atoms with E-state index in [4.69, 9.17) is 24.9 Å². The summed E-state index contributed by atoms with van der Waals surface area (Å²) in [7, 11) is 0. The Balaban J connectivity index is -0.0000000628. The van der Waals surface area contributed by atoms with Gasteiger partial charge >= 0.3 is 24.1 Å². The molecule has 0 saturated heterocycles. The fraction of sp³-hybridized carbons (Fsp3) is 0.500. The Hall–Kier alpha value is -0.686. The average molecular weight is 878 g/mol. The standard InChI is InChI=1S/C9H12O5.C4H6O3.C4H8O.CH2I2.CH2I.CO2.V/c1-5(2)3-6(4-7(10)11)8(12)9(13)14;1-2-3(5)4(6)7;1-4(2)3-5;2-1-3;1-2;2-1-3;/h3,5H,4H2,1-2H3,(H,10,11)(H,13,14);2H2,1H3,(H,6,7);3-4H,1-2H3;1H2;1H2;;/q;;;;-1;;/b6-3+;;;;;;. The molecule has 11 nitrogen and oxygen atoms in total. The first-order valence-corrected chi connectivity index (χ1v) is 13.5. The molecule has 203 valence electrons. The maximum absolute atomic E-state index is 11.0. The first kappa shape index (κ1) is 51.0. The maximum atomic E-state index is 11.0. The molecule has 0 aliphatic carbocycles. The van der Waals surface area contributed by atoms with E-state index in [9.17, 15) is 28.8 Å². The van der Waals surface area contributed by atoms with Gasteiger partial charge in [-0.1, -0.05) is 85.9 Å². The normalized spacial score (nSPS) is 8.37. The second kappa shape index (κ2) is 40.5. The van der Waals surface area contributed by atoms with Crippen molar-refractivity contribution < 1.29 is 72.2 Å². The van der Waals surface area contributed by atoms with E-state index < -0.39 is 35.9 Å². The van der Waals surface area contributed by atoms with Crippen LogP contribution < -0.4 is 0 Å². The van der Waals surface area contributed by atoms with Crippen molar-refractivity contribution in [2.75, 3.05) is 2.43 Å². The van der Waals surface area contributed by atoms with E-state index in [0.29, 0.717) is 0 Å². The number of Topliss-reactive ketones (excluding diaryl/α,β-unsaturated/α-hetero) is 2. The summed E-state index contributed by atoms with van der Waals surface area (Å²) in [6.45, 7) is 8.68. The van der Waals surface area contributed by atoms with Gasteiger partial charge in [-0.05, 0) is 5.92 Å². The Labute approximate surface area is 257 Å². The van der Waals surface area contributed by atoms with Crippen molar-refractivity contribution in [2.24, 2.45) is 11.8 Å². The molecule has 15 heteroatoms. The number of aliphatic carboxylic acids is 3. The molecule has 0 aromatic rings. The fourth-order valence-corrected chi connectivity index (χ4v) is 1.07. The number of rotatable bonds is 8. The zero-order chi connectivity index (χ0) is 28.9. The number of carboxylic acid groups (broad SMARTS) is 3. The number of carbonyl (C=O) groups is 6. The van der Waals surface area contributed by atoms with Crippen LogP contribution in [0.4, 0.5) is 0 Å². The molecule has 0 spiro atoms. The van der Waals surface area contributed by atoms with Gasteiger partial charge in [0.2, 0.25) is 5.78 Å². The Morgan fingerprint density at radius 3 is 1.31 bits per heavy atom. The molecule has 0 unspecified atom stereocenters. The third-order valence-corrected chi connectivity index (χ3v) is 2.19. The van der Waals surface area contributed by atoms with E-state index in [1.807, 2.05) is 36.4 Å². The monoisotopic (exact) mass is 878 g/mol. The second-order valence-corrected chi connectivity index (χ2v) is 10.2. The summed E-state index contributed by atoms with van der Waals surface area (Å²) in [4.78, 5) is 80.1. The predicted octanol–water partition coefficient (Wildman–Crippen LogP) is 4.03. The van der Waals surface area contributed by atoms with Gasteiger partial charge in [0, 0.05) is 36.5 Å². The number of allylic oxidation sites excluding steroid dienone is 1. The van der Waals surface area contributed by atoms with Crippen LogP contribution in [0.15, 0.2) is 11.6 Å². The van der Waals surface area contributed by atoms with E-state index >= 15 is 0 Å². The molecular formula is C20H30I3O11V-.